The van der Waals surface area contributed by atoms with E-state index in [2.05, 4.69) is 35.7 Å². The van der Waals surface area contributed by atoms with Gasteiger partial charge < -0.3 is 10.1 Å². The van der Waals surface area contributed by atoms with E-state index in [1.807, 2.05) is 24.3 Å². The first-order valence-electron chi connectivity index (χ1n) is 6.31. The van der Waals surface area contributed by atoms with Gasteiger partial charge in [0.2, 0.25) is 0 Å². The molecule has 1 heterocycles. The second-order valence-electron chi connectivity index (χ2n) is 4.84. The summed E-state index contributed by atoms with van der Waals surface area (Å²) >= 11 is 6.02. The Labute approximate surface area is 116 Å². The minimum absolute atomic E-state index is 0.0230. The Balaban J connectivity index is 1.80. The van der Waals surface area contributed by atoms with Gasteiger partial charge in [-0.15, -0.1) is 0 Å². The van der Waals surface area contributed by atoms with Crippen molar-refractivity contribution in [2.45, 2.75) is 12.1 Å². The van der Waals surface area contributed by atoms with Crippen LogP contribution in [0.5, 0.6) is 5.75 Å². The van der Waals surface area contributed by atoms with Gasteiger partial charge in [0.15, 0.2) is 0 Å². The van der Waals surface area contributed by atoms with Crippen LogP contribution in [0, 0.1) is 0 Å². The summed E-state index contributed by atoms with van der Waals surface area (Å²) in [4.78, 5) is 0. The highest BCUT2D eigenvalue weighted by atomic mass is 35.5. The summed E-state index contributed by atoms with van der Waals surface area (Å²) in [6.45, 7) is 0. The third-order valence-corrected chi connectivity index (χ3v) is 3.86. The van der Waals surface area contributed by atoms with Gasteiger partial charge >= 0.3 is 0 Å². The molecular formula is C16H12ClNO. The van der Waals surface area contributed by atoms with Crippen molar-refractivity contribution in [2.75, 3.05) is 5.32 Å². The molecule has 0 amide bonds. The quantitative estimate of drug-likeness (QED) is 0.771. The average molecular weight is 270 g/mol. The Bertz CT molecular complexity index is 680. The molecule has 2 nitrogen and oxygen atoms in total. The molecule has 2 aliphatic rings. The van der Waals surface area contributed by atoms with Crippen molar-refractivity contribution in [2.24, 2.45) is 0 Å². The molecule has 19 heavy (non-hydrogen) atoms. The fourth-order valence-corrected chi connectivity index (χ4v) is 2.89. The molecule has 94 valence electrons. The number of hydrogen-bond donors (Lipinski definition) is 1. The molecule has 0 bridgehead atoms. The highest BCUT2D eigenvalue weighted by molar-refractivity contribution is 6.30. The molecule has 4 rings (SSSR count). The molecule has 2 aromatic rings. The minimum Gasteiger partial charge on any atom is -0.481 e. The molecule has 2 atom stereocenters. The maximum absolute atomic E-state index is 6.14. The summed E-state index contributed by atoms with van der Waals surface area (Å²) < 4.78 is 6.14. The second-order valence-corrected chi connectivity index (χ2v) is 5.27. The molecule has 1 aliphatic carbocycles. The zero-order valence-corrected chi connectivity index (χ0v) is 10.9. The third-order valence-electron chi connectivity index (χ3n) is 3.63. The molecular weight excluding hydrogens is 258 g/mol. The van der Waals surface area contributed by atoms with E-state index in [1.165, 1.54) is 11.1 Å². The second kappa shape index (κ2) is 4.04. The van der Waals surface area contributed by atoms with E-state index in [0.29, 0.717) is 5.02 Å². The standard InChI is InChI=1S/C16H12ClNO/c17-11-6-8-15-14(9-11)18-13-7-5-10-3-1-2-4-12(10)16(13)19-15/h1-9,13,16,18H. The number of rotatable bonds is 0. The SMILES string of the molecule is Clc1ccc2c(c1)NC1C=Cc3ccccc3C1O2. The first-order chi connectivity index (χ1) is 9.31. The zero-order valence-electron chi connectivity index (χ0n) is 10.1. The Hall–Kier alpha value is -1.93. The number of anilines is 1. The summed E-state index contributed by atoms with van der Waals surface area (Å²) in [5.41, 5.74) is 3.41. The van der Waals surface area contributed by atoms with E-state index in [1.54, 1.807) is 0 Å². The van der Waals surface area contributed by atoms with Gasteiger partial charge in [-0.2, -0.15) is 0 Å². The van der Waals surface area contributed by atoms with Gasteiger partial charge in [-0.05, 0) is 23.8 Å². The number of hydrogen-bond acceptors (Lipinski definition) is 2. The average Bonchev–Trinajstić information content (AvgIpc) is 2.45. The number of halogens is 1. The molecule has 0 spiro atoms. The summed E-state index contributed by atoms with van der Waals surface area (Å²) in [6.07, 6.45) is 4.31. The maximum Gasteiger partial charge on any atom is 0.148 e. The summed E-state index contributed by atoms with van der Waals surface area (Å²) in [5.74, 6) is 0.857. The van der Waals surface area contributed by atoms with Crippen molar-refractivity contribution in [3.8, 4) is 5.75 Å². The van der Waals surface area contributed by atoms with Crippen LogP contribution in [-0.4, -0.2) is 6.04 Å². The normalized spacial score (nSPS) is 22.6. The summed E-state index contributed by atoms with van der Waals surface area (Å²) in [7, 11) is 0. The van der Waals surface area contributed by atoms with Crippen LogP contribution < -0.4 is 10.1 Å². The summed E-state index contributed by atoms with van der Waals surface area (Å²) in [6, 6.07) is 14.2. The Kier molecular flexibility index (Phi) is 2.32. The first-order valence-corrected chi connectivity index (χ1v) is 6.69. The molecule has 2 aromatic carbocycles. The lowest BCUT2D eigenvalue weighted by Crippen LogP contribution is -2.35. The predicted octanol–water partition coefficient (Wildman–Crippen LogP) is 4.28. The van der Waals surface area contributed by atoms with Gasteiger partial charge in [-0.3, -0.25) is 0 Å². The minimum atomic E-state index is 0.0230. The van der Waals surface area contributed by atoms with E-state index in [0.717, 1.165) is 11.4 Å². The fourth-order valence-electron chi connectivity index (χ4n) is 2.72. The monoisotopic (exact) mass is 269 g/mol. The molecule has 0 saturated heterocycles. The van der Waals surface area contributed by atoms with Crippen molar-refractivity contribution < 1.29 is 4.74 Å². The van der Waals surface area contributed by atoms with Crippen LogP contribution >= 0.6 is 11.6 Å². The van der Waals surface area contributed by atoms with E-state index in [4.69, 9.17) is 16.3 Å². The van der Waals surface area contributed by atoms with Gasteiger partial charge in [0.25, 0.3) is 0 Å². The molecule has 0 radical (unpaired) electrons. The largest absolute Gasteiger partial charge is 0.481 e. The van der Waals surface area contributed by atoms with Crippen LogP contribution in [0.2, 0.25) is 5.02 Å². The number of benzene rings is 2. The molecule has 2 unspecified atom stereocenters. The zero-order chi connectivity index (χ0) is 12.8. The van der Waals surface area contributed by atoms with Crippen molar-refractivity contribution >= 4 is 23.4 Å². The lowest BCUT2D eigenvalue weighted by Gasteiger charge is -2.36. The van der Waals surface area contributed by atoms with Crippen LogP contribution in [0.1, 0.15) is 17.2 Å². The van der Waals surface area contributed by atoms with Gasteiger partial charge in [-0.25, -0.2) is 0 Å². The van der Waals surface area contributed by atoms with Gasteiger partial charge in [0.1, 0.15) is 11.9 Å². The van der Waals surface area contributed by atoms with Crippen LogP contribution in [0.3, 0.4) is 0 Å². The van der Waals surface area contributed by atoms with Crippen molar-refractivity contribution in [1.82, 2.24) is 0 Å². The van der Waals surface area contributed by atoms with E-state index < -0.39 is 0 Å². The van der Waals surface area contributed by atoms with Gasteiger partial charge in [-0.1, -0.05) is 48.0 Å². The van der Waals surface area contributed by atoms with E-state index in [-0.39, 0.29) is 12.1 Å². The molecule has 0 fully saturated rings. The number of nitrogens with one attached hydrogen (secondary N) is 1. The lowest BCUT2D eigenvalue weighted by molar-refractivity contribution is 0.186. The number of ether oxygens (including phenoxy) is 1. The van der Waals surface area contributed by atoms with E-state index in [9.17, 15) is 0 Å². The van der Waals surface area contributed by atoms with Crippen LogP contribution in [-0.2, 0) is 0 Å². The Morgan fingerprint density at radius 2 is 2.00 bits per heavy atom. The first kappa shape index (κ1) is 10.9. The van der Waals surface area contributed by atoms with E-state index >= 15 is 0 Å². The smallest absolute Gasteiger partial charge is 0.148 e. The van der Waals surface area contributed by atoms with Crippen molar-refractivity contribution in [1.29, 1.82) is 0 Å². The van der Waals surface area contributed by atoms with Crippen molar-refractivity contribution in [3.05, 3.63) is 64.7 Å². The van der Waals surface area contributed by atoms with Crippen LogP contribution in [0.25, 0.3) is 6.08 Å². The lowest BCUT2D eigenvalue weighted by atomic mass is 9.90. The third kappa shape index (κ3) is 1.71. The predicted molar refractivity (Wildman–Crippen MR) is 77.7 cm³/mol. The highest BCUT2D eigenvalue weighted by Gasteiger charge is 2.32. The highest BCUT2D eigenvalue weighted by Crippen LogP contribution is 2.41. The molecule has 0 saturated carbocycles. The number of fused-ring (bicyclic) bond motifs is 4. The maximum atomic E-state index is 6.14. The fraction of sp³-hybridized carbons (Fsp3) is 0.125. The molecule has 3 heteroatoms. The summed E-state index contributed by atoms with van der Waals surface area (Å²) in [5, 5.41) is 4.20. The van der Waals surface area contributed by atoms with Crippen LogP contribution in [0.4, 0.5) is 5.69 Å². The van der Waals surface area contributed by atoms with Crippen molar-refractivity contribution in [3.63, 3.8) is 0 Å². The topological polar surface area (TPSA) is 21.3 Å². The molecule has 1 aliphatic heterocycles. The van der Waals surface area contributed by atoms with Gasteiger partial charge in [0.05, 0.1) is 11.7 Å². The Morgan fingerprint density at radius 3 is 2.95 bits per heavy atom. The Morgan fingerprint density at radius 1 is 1.11 bits per heavy atom. The molecule has 1 N–H and O–H groups in total. The van der Waals surface area contributed by atoms with Gasteiger partial charge in [0, 0.05) is 10.6 Å². The van der Waals surface area contributed by atoms with Crippen LogP contribution in [0.15, 0.2) is 48.5 Å². The molecule has 0 aromatic heterocycles.